The van der Waals surface area contributed by atoms with Gasteiger partial charge in [0, 0.05) is 13.5 Å². The van der Waals surface area contributed by atoms with Crippen LogP contribution in [0.25, 0.3) is 0 Å². The molecular weight excluding hydrogens is 907 g/mol. The molecule has 0 aromatic heterocycles. The molecule has 0 unspecified atom stereocenters. The molecule has 0 N–H and O–H groups in total. The van der Waals surface area contributed by atoms with Crippen LogP contribution >= 0.6 is 0 Å². The van der Waals surface area contributed by atoms with E-state index in [9.17, 15) is 14.9 Å². The smallest absolute Gasteiger partial charge is 0.338 e. The van der Waals surface area contributed by atoms with Gasteiger partial charge in [-0.05, 0) is 52.6 Å². The highest BCUT2D eigenvalue weighted by Crippen LogP contribution is 2.38. The minimum Gasteiger partial charge on any atom is -0.452 e. The number of nitriles is 1. The molecule has 3 heterocycles. The topological polar surface area (TPSA) is 159 Å². The minimum atomic E-state index is -1.47. The van der Waals surface area contributed by atoms with Crippen molar-refractivity contribution in [2.75, 3.05) is 20.3 Å². The van der Waals surface area contributed by atoms with Gasteiger partial charge in [0.2, 0.25) is 0 Å². The first-order chi connectivity index (χ1) is 34.9. The maximum absolute atomic E-state index is 14.3. The van der Waals surface area contributed by atoms with Gasteiger partial charge in [-0.1, -0.05) is 146 Å². The number of hydrogen-bond donors (Lipinski definition) is 0. The van der Waals surface area contributed by atoms with Crippen LogP contribution in [-0.2, 0) is 78.3 Å². The van der Waals surface area contributed by atoms with E-state index in [2.05, 4.69) is 6.07 Å². The van der Waals surface area contributed by atoms with Gasteiger partial charge in [0.25, 0.3) is 0 Å². The second-order valence-corrected chi connectivity index (χ2v) is 17.3. The Kier molecular flexibility index (Phi) is 17.0. The van der Waals surface area contributed by atoms with E-state index in [0.29, 0.717) is 11.1 Å². The summed E-state index contributed by atoms with van der Waals surface area (Å²) >= 11 is 0. The van der Waals surface area contributed by atoms with Gasteiger partial charge in [0.15, 0.2) is 31.1 Å². The van der Waals surface area contributed by atoms with E-state index in [1.165, 1.54) is 7.11 Å². The maximum atomic E-state index is 14.3. The number of carbonyl (C=O) groups is 2. The Hall–Kier alpha value is -6.61. The van der Waals surface area contributed by atoms with Gasteiger partial charge in [0.05, 0.1) is 55.8 Å². The molecule has 6 aromatic rings. The molecule has 3 aliphatic rings. The number of carbonyl (C=O) groups excluding carboxylic acids is 2. The van der Waals surface area contributed by atoms with Crippen LogP contribution in [0.3, 0.4) is 0 Å². The second kappa shape index (κ2) is 24.5. The van der Waals surface area contributed by atoms with Crippen LogP contribution in [0, 0.1) is 11.3 Å². The number of benzene rings is 6. The van der Waals surface area contributed by atoms with Gasteiger partial charge >= 0.3 is 11.9 Å². The monoisotopic (exact) mass is 961 g/mol. The molecular formula is C57H55NO13. The second-order valence-electron chi connectivity index (χ2n) is 17.3. The van der Waals surface area contributed by atoms with E-state index in [1.54, 1.807) is 72.8 Å². The highest BCUT2D eigenvalue weighted by atomic mass is 16.8. The van der Waals surface area contributed by atoms with Crippen molar-refractivity contribution >= 4 is 11.9 Å². The predicted molar refractivity (Wildman–Crippen MR) is 256 cm³/mol. The summed E-state index contributed by atoms with van der Waals surface area (Å²) in [5, 5.41) is 9.91. The van der Waals surface area contributed by atoms with Crippen LogP contribution in [0.2, 0.25) is 0 Å². The van der Waals surface area contributed by atoms with Crippen molar-refractivity contribution in [3.63, 3.8) is 0 Å². The molecule has 0 radical (unpaired) electrons. The fourth-order valence-electron chi connectivity index (χ4n) is 8.88. The molecule has 6 aromatic carbocycles. The van der Waals surface area contributed by atoms with Gasteiger partial charge in [0.1, 0.15) is 36.6 Å². The molecule has 14 nitrogen and oxygen atoms in total. The fourth-order valence-corrected chi connectivity index (χ4v) is 8.88. The van der Waals surface area contributed by atoms with E-state index >= 15 is 0 Å². The molecule has 14 heteroatoms. The van der Waals surface area contributed by atoms with Gasteiger partial charge in [-0.25, -0.2) is 9.59 Å². The summed E-state index contributed by atoms with van der Waals surface area (Å²) in [5.41, 5.74) is 4.36. The number of nitrogens with zero attached hydrogens (tertiary/aromatic N) is 1. The summed E-state index contributed by atoms with van der Waals surface area (Å²) in [7, 11) is 1.53. The molecule has 3 fully saturated rings. The molecule has 366 valence electrons. The van der Waals surface area contributed by atoms with Crippen molar-refractivity contribution in [3.05, 3.63) is 215 Å². The van der Waals surface area contributed by atoms with Crippen LogP contribution in [0.1, 0.15) is 48.5 Å². The van der Waals surface area contributed by atoms with E-state index < -0.39 is 79.6 Å². The summed E-state index contributed by atoms with van der Waals surface area (Å²) < 4.78 is 72.6. The van der Waals surface area contributed by atoms with Crippen molar-refractivity contribution in [3.8, 4) is 6.07 Å². The molecule has 0 amide bonds. The molecule has 0 bridgehead atoms. The summed E-state index contributed by atoms with van der Waals surface area (Å²) in [6.45, 7) is 0.517. The molecule has 3 aliphatic heterocycles. The molecule has 0 saturated carbocycles. The lowest BCUT2D eigenvalue weighted by Crippen LogP contribution is -2.68. The number of methoxy groups -OCH3 is 1. The van der Waals surface area contributed by atoms with Crippen molar-refractivity contribution in [1.82, 2.24) is 0 Å². The lowest BCUT2D eigenvalue weighted by atomic mass is 9.95. The number of ether oxygens (including phenoxy) is 11. The Morgan fingerprint density at radius 2 is 1.08 bits per heavy atom. The zero-order valence-electron chi connectivity index (χ0n) is 39.1. The van der Waals surface area contributed by atoms with Gasteiger partial charge in [-0.3, -0.25) is 0 Å². The first kappa shape index (κ1) is 49.4. The Bertz CT molecular complexity index is 2640. The van der Waals surface area contributed by atoms with E-state index in [-0.39, 0.29) is 50.6 Å². The van der Waals surface area contributed by atoms with Gasteiger partial charge in [-0.2, -0.15) is 5.26 Å². The zero-order chi connectivity index (χ0) is 48.8. The summed E-state index contributed by atoms with van der Waals surface area (Å²) in [4.78, 5) is 28.6. The Morgan fingerprint density at radius 1 is 0.563 bits per heavy atom. The van der Waals surface area contributed by atoms with Crippen LogP contribution in [0.15, 0.2) is 176 Å². The van der Waals surface area contributed by atoms with Crippen molar-refractivity contribution in [1.29, 1.82) is 5.26 Å². The van der Waals surface area contributed by atoms with E-state index in [1.807, 2.05) is 103 Å². The van der Waals surface area contributed by atoms with Gasteiger partial charge < -0.3 is 52.1 Å². The zero-order valence-corrected chi connectivity index (χ0v) is 39.1. The largest absolute Gasteiger partial charge is 0.452 e. The predicted octanol–water partition coefficient (Wildman–Crippen LogP) is 8.16. The summed E-state index contributed by atoms with van der Waals surface area (Å²) in [5.74, 6) is -1.44. The molecule has 71 heavy (non-hydrogen) atoms. The summed E-state index contributed by atoms with van der Waals surface area (Å²) in [6, 6.07) is 55.4. The third kappa shape index (κ3) is 12.7. The average Bonchev–Trinajstić information content (AvgIpc) is 3.42. The number of esters is 2. The SMILES string of the molecule is CO[C@H]1O[C@H](COCc2ccccc2)[C@@H](O[C@@H]2O[C@@H]3CO[C@H](Cc4ccccc4C#N)O[C@@H]3[C@H](OC(=O)c3ccccc3)[C@H]2OC(=O)c2ccccc2)[C@H](OCc2ccccc2)[C@H]1OCc1ccccc1. The first-order valence-electron chi connectivity index (χ1n) is 23.6. The third-order valence-corrected chi connectivity index (χ3v) is 12.5. The van der Waals surface area contributed by atoms with Crippen LogP contribution in [0.5, 0.6) is 0 Å². The standard InChI is InChI=1S/C57H55NO13/c1-61-56-52(65-35-40-23-11-4-12-24-40)50(64-34-39-21-9-3-10-22-39)48(45(66-56)36-62-33-38-19-7-2-8-20-38)71-57-53(70-55(60)42-27-15-6-16-28-42)51(69-54(59)41-25-13-5-14-26-41)49-46(67-57)37-63-47(68-49)31-43-29-17-18-30-44(43)32-58/h2-30,45-53,56-57H,31,33-37H2,1H3/t45-,46-,47+,48-,49+,50+,51+,52-,53-,56+,57+/m1/s1. The lowest BCUT2D eigenvalue weighted by Gasteiger charge is -2.51. The Labute approximate surface area is 412 Å². The average molecular weight is 962 g/mol. The first-order valence-corrected chi connectivity index (χ1v) is 23.6. The summed E-state index contributed by atoms with van der Waals surface area (Å²) in [6.07, 6.45) is -11.8. The minimum absolute atomic E-state index is 0.00619. The van der Waals surface area contributed by atoms with Crippen LogP contribution in [-0.4, -0.2) is 100.0 Å². The Balaban J connectivity index is 1.10. The number of rotatable bonds is 19. The van der Waals surface area contributed by atoms with Crippen molar-refractivity contribution in [2.24, 2.45) is 0 Å². The maximum Gasteiger partial charge on any atom is 0.338 e. The van der Waals surface area contributed by atoms with Crippen LogP contribution in [0.4, 0.5) is 0 Å². The molecule has 11 atom stereocenters. The van der Waals surface area contributed by atoms with Crippen LogP contribution < -0.4 is 0 Å². The molecule has 9 rings (SSSR count). The van der Waals surface area contributed by atoms with Crippen molar-refractivity contribution in [2.45, 2.75) is 93.9 Å². The highest BCUT2D eigenvalue weighted by molar-refractivity contribution is 5.90. The number of hydrogen-bond acceptors (Lipinski definition) is 14. The molecule has 0 aliphatic carbocycles. The highest BCUT2D eigenvalue weighted by Gasteiger charge is 2.57. The van der Waals surface area contributed by atoms with E-state index in [0.717, 1.165) is 16.7 Å². The fraction of sp³-hybridized carbons (Fsp3) is 0.316. The third-order valence-electron chi connectivity index (χ3n) is 12.5. The molecule has 0 spiro atoms. The molecule has 3 saturated heterocycles. The van der Waals surface area contributed by atoms with Crippen molar-refractivity contribution < 1.29 is 61.7 Å². The number of fused-ring (bicyclic) bond motifs is 1. The van der Waals surface area contributed by atoms with Gasteiger partial charge in [-0.15, -0.1) is 0 Å². The van der Waals surface area contributed by atoms with E-state index in [4.69, 9.17) is 52.1 Å². The quantitative estimate of drug-likeness (QED) is 0.0716. The normalized spacial score (nSPS) is 26.1. The lowest BCUT2D eigenvalue weighted by molar-refractivity contribution is -0.386. The Morgan fingerprint density at radius 3 is 1.66 bits per heavy atom.